The first-order valence-corrected chi connectivity index (χ1v) is 6.69. The standard InChI is InChI=1S/C14H15ClF2/c15-11(14-8-3-1-4-9(8)14)7-10-12(16)5-2-6-13(10)17/h2,5-6,8-9,11,14H,1,3-4,7H2. The molecule has 0 bridgehead atoms. The van der Waals surface area contributed by atoms with Gasteiger partial charge in [0.1, 0.15) is 11.6 Å². The Morgan fingerprint density at radius 3 is 2.35 bits per heavy atom. The molecule has 0 saturated heterocycles. The lowest BCUT2D eigenvalue weighted by molar-refractivity contribution is 0.519. The van der Waals surface area contributed by atoms with Crippen LogP contribution >= 0.6 is 11.6 Å². The number of rotatable bonds is 3. The maximum atomic E-state index is 13.5. The highest BCUT2D eigenvalue weighted by Crippen LogP contribution is 2.60. The number of halogens is 3. The molecule has 2 saturated carbocycles. The Balaban J connectivity index is 1.71. The highest BCUT2D eigenvalue weighted by atomic mass is 35.5. The molecule has 3 unspecified atom stereocenters. The van der Waals surface area contributed by atoms with Gasteiger partial charge < -0.3 is 0 Å². The summed E-state index contributed by atoms with van der Waals surface area (Å²) in [5.41, 5.74) is 0.150. The van der Waals surface area contributed by atoms with Crippen LogP contribution in [-0.2, 0) is 6.42 Å². The van der Waals surface area contributed by atoms with E-state index in [2.05, 4.69) is 0 Å². The summed E-state index contributed by atoms with van der Waals surface area (Å²) in [5, 5.41) is -0.114. The Morgan fingerprint density at radius 1 is 1.18 bits per heavy atom. The monoisotopic (exact) mass is 256 g/mol. The summed E-state index contributed by atoms with van der Waals surface area (Å²) >= 11 is 6.33. The second kappa shape index (κ2) is 4.24. The van der Waals surface area contributed by atoms with Crippen molar-refractivity contribution in [3.63, 3.8) is 0 Å². The molecule has 0 aromatic heterocycles. The van der Waals surface area contributed by atoms with Gasteiger partial charge in [-0.05, 0) is 49.1 Å². The second-order valence-corrected chi connectivity index (χ2v) is 5.82. The van der Waals surface area contributed by atoms with E-state index in [1.807, 2.05) is 0 Å². The number of hydrogen-bond donors (Lipinski definition) is 0. The molecule has 0 radical (unpaired) electrons. The SMILES string of the molecule is Fc1cccc(F)c1CC(Cl)C1C2CCCC21. The molecule has 1 aromatic carbocycles. The van der Waals surface area contributed by atoms with Crippen molar-refractivity contribution >= 4 is 11.6 Å². The Bertz CT molecular complexity index is 402. The third-order valence-corrected chi connectivity index (χ3v) is 4.80. The number of benzene rings is 1. The maximum absolute atomic E-state index is 13.5. The van der Waals surface area contributed by atoms with E-state index in [-0.39, 0.29) is 10.9 Å². The van der Waals surface area contributed by atoms with E-state index in [0.29, 0.717) is 12.3 Å². The van der Waals surface area contributed by atoms with Crippen LogP contribution in [0.2, 0.25) is 0 Å². The minimum absolute atomic E-state index is 0.114. The van der Waals surface area contributed by atoms with Crippen LogP contribution in [0.15, 0.2) is 18.2 Å². The van der Waals surface area contributed by atoms with Gasteiger partial charge in [-0.1, -0.05) is 12.5 Å². The molecule has 0 aliphatic heterocycles. The lowest BCUT2D eigenvalue weighted by Gasteiger charge is -2.12. The molecular formula is C14H15ClF2. The van der Waals surface area contributed by atoms with Gasteiger partial charge in [-0.25, -0.2) is 8.78 Å². The molecule has 2 aliphatic carbocycles. The third-order valence-electron chi connectivity index (χ3n) is 4.35. The van der Waals surface area contributed by atoms with Crippen LogP contribution < -0.4 is 0 Å². The number of alkyl halides is 1. The Morgan fingerprint density at radius 2 is 1.76 bits per heavy atom. The van der Waals surface area contributed by atoms with Gasteiger partial charge in [-0.2, -0.15) is 0 Å². The summed E-state index contributed by atoms with van der Waals surface area (Å²) in [7, 11) is 0. The summed E-state index contributed by atoms with van der Waals surface area (Å²) in [6.07, 6.45) is 4.11. The van der Waals surface area contributed by atoms with Crippen molar-refractivity contribution in [3.8, 4) is 0 Å². The van der Waals surface area contributed by atoms with E-state index >= 15 is 0 Å². The van der Waals surface area contributed by atoms with Crippen LogP contribution in [0.4, 0.5) is 8.78 Å². The van der Waals surface area contributed by atoms with Crippen LogP contribution in [0.3, 0.4) is 0 Å². The largest absolute Gasteiger partial charge is 0.207 e. The molecule has 0 nitrogen and oxygen atoms in total. The van der Waals surface area contributed by atoms with Crippen molar-refractivity contribution in [1.82, 2.24) is 0 Å². The Hall–Kier alpha value is -0.630. The maximum Gasteiger partial charge on any atom is 0.129 e. The predicted molar refractivity (Wildman–Crippen MR) is 64.0 cm³/mol. The van der Waals surface area contributed by atoms with E-state index in [1.165, 1.54) is 37.5 Å². The number of fused-ring (bicyclic) bond motifs is 1. The topological polar surface area (TPSA) is 0 Å². The van der Waals surface area contributed by atoms with Gasteiger partial charge in [0.2, 0.25) is 0 Å². The fourth-order valence-corrected chi connectivity index (χ4v) is 4.00. The van der Waals surface area contributed by atoms with Crippen molar-refractivity contribution < 1.29 is 8.78 Å². The normalized spacial score (nSPS) is 32.3. The van der Waals surface area contributed by atoms with Crippen LogP contribution in [0.5, 0.6) is 0 Å². The van der Waals surface area contributed by atoms with Crippen molar-refractivity contribution in [2.75, 3.05) is 0 Å². The molecule has 3 atom stereocenters. The highest BCUT2D eigenvalue weighted by molar-refractivity contribution is 6.21. The van der Waals surface area contributed by atoms with E-state index in [1.54, 1.807) is 0 Å². The molecule has 0 N–H and O–H groups in total. The van der Waals surface area contributed by atoms with Gasteiger partial charge in [0.05, 0.1) is 0 Å². The highest BCUT2D eigenvalue weighted by Gasteiger charge is 2.55. The lowest BCUT2D eigenvalue weighted by atomic mass is 10.0. The number of hydrogen-bond acceptors (Lipinski definition) is 0. The first-order chi connectivity index (χ1) is 8.18. The second-order valence-electron chi connectivity index (χ2n) is 5.26. The van der Waals surface area contributed by atoms with Crippen molar-refractivity contribution in [3.05, 3.63) is 35.4 Å². The quantitative estimate of drug-likeness (QED) is 0.713. The van der Waals surface area contributed by atoms with Gasteiger partial charge in [-0.15, -0.1) is 11.6 Å². The van der Waals surface area contributed by atoms with Crippen molar-refractivity contribution in [2.24, 2.45) is 17.8 Å². The molecule has 92 valence electrons. The molecule has 0 spiro atoms. The van der Waals surface area contributed by atoms with Gasteiger partial charge in [0.15, 0.2) is 0 Å². The van der Waals surface area contributed by atoms with E-state index < -0.39 is 11.6 Å². The minimum Gasteiger partial charge on any atom is -0.207 e. The molecule has 1 aromatic rings. The summed E-state index contributed by atoms with van der Waals surface area (Å²) in [5.74, 6) is 1.01. The zero-order valence-corrected chi connectivity index (χ0v) is 10.3. The van der Waals surface area contributed by atoms with E-state index in [4.69, 9.17) is 11.6 Å². The molecule has 0 heterocycles. The summed E-state index contributed by atoms with van der Waals surface area (Å²) < 4.78 is 27.0. The zero-order chi connectivity index (χ0) is 12.0. The summed E-state index contributed by atoms with van der Waals surface area (Å²) in [6, 6.07) is 3.99. The fraction of sp³-hybridized carbons (Fsp3) is 0.571. The summed E-state index contributed by atoms with van der Waals surface area (Å²) in [4.78, 5) is 0. The Kier molecular flexibility index (Phi) is 2.86. The summed E-state index contributed by atoms with van der Waals surface area (Å²) in [6.45, 7) is 0. The average molecular weight is 257 g/mol. The fourth-order valence-electron chi connectivity index (χ4n) is 3.47. The van der Waals surface area contributed by atoms with Crippen LogP contribution in [-0.4, -0.2) is 5.38 Å². The molecule has 2 fully saturated rings. The first-order valence-electron chi connectivity index (χ1n) is 6.25. The Labute approximate surface area is 105 Å². The predicted octanol–water partition coefficient (Wildman–Crippen LogP) is 4.16. The molecule has 0 amide bonds. The van der Waals surface area contributed by atoms with Gasteiger partial charge in [0, 0.05) is 10.9 Å². The van der Waals surface area contributed by atoms with Gasteiger partial charge in [0.25, 0.3) is 0 Å². The zero-order valence-electron chi connectivity index (χ0n) is 9.50. The molecule has 17 heavy (non-hydrogen) atoms. The van der Waals surface area contributed by atoms with Gasteiger partial charge >= 0.3 is 0 Å². The van der Waals surface area contributed by atoms with Crippen LogP contribution in [0, 0.1) is 29.4 Å². The first kappa shape index (κ1) is 11.5. The smallest absolute Gasteiger partial charge is 0.129 e. The minimum atomic E-state index is -0.471. The molecular weight excluding hydrogens is 242 g/mol. The van der Waals surface area contributed by atoms with Crippen molar-refractivity contribution in [1.29, 1.82) is 0 Å². The van der Waals surface area contributed by atoms with Crippen LogP contribution in [0.1, 0.15) is 24.8 Å². The average Bonchev–Trinajstić information content (AvgIpc) is 2.78. The lowest BCUT2D eigenvalue weighted by Crippen LogP contribution is -2.12. The van der Waals surface area contributed by atoms with Crippen molar-refractivity contribution in [2.45, 2.75) is 31.1 Å². The van der Waals surface area contributed by atoms with E-state index in [9.17, 15) is 8.78 Å². The molecule has 3 rings (SSSR count). The molecule has 3 heteroatoms. The molecule has 2 aliphatic rings. The third kappa shape index (κ3) is 1.97. The van der Waals surface area contributed by atoms with E-state index in [0.717, 1.165) is 11.8 Å². The van der Waals surface area contributed by atoms with Gasteiger partial charge in [-0.3, -0.25) is 0 Å². The van der Waals surface area contributed by atoms with Crippen LogP contribution in [0.25, 0.3) is 0 Å².